The Morgan fingerprint density at radius 3 is 2.62 bits per heavy atom. The van der Waals surface area contributed by atoms with E-state index in [-0.39, 0.29) is 23.0 Å². The van der Waals surface area contributed by atoms with Gasteiger partial charge in [0.1, 0.15) is 5.82 Å². The molecule has 134 valence electrons. The van der Waals surface area contributed by atoms with Gasteiger partial charge in [-0.2, -0.15) is 0 Å². The van der Waals surface area contributed by atoms with Crippen molar-refractivity contribution in [1.82, 2.24) is 4.90 Å². The van der Waals surface area contributed by atoms with Crippen molar-refractivity contribution in [2.45, 2.75) is 19.8 Å². The highest BCUT2D eigenvalue weighted by Gasteiger charge is 2.48. The second kappa shape index (κ2) is 6.24. The fourth-order valence-corrected chi connectivity index (χ4v) is 4.08. The summed E-state index contributed by atoms with van der Waals surface area (Å²) >= 11 is 0. The summed E-state index contributed by atoms with van der Waals surface area (Å²) in [4.78, 5) is 28.9. The smallest absolute Gasteiger partial charge is 0.253 e. The Bertz CT molecular complexity index is 865. The van der Waals surface area contributed by atoms with Gasteiger partial charge < -0.3 is 9.80 Å². The molecule has 2 aliphatic heterocycles. The number of halogens is 1. The third-order valence-corrected chi connectivity index (χ3v) is 5.45. The lowest BCUT2D eigenvalue weighted by molar-refractivity contribution is -0.117. The van der Waals surface area contributed by atoms with Crippen LogP contribution < -0.4 is 4.90 Å². The van der Waals surface area contributed by atoms with Crippen molar-refractivity contribution >= 4 is 17.5 Å². The first kappa shape index (κ1) is 16.8. The Balaban J connectivity index is 1.50. The van der Waals surface area contributed by atoms with Crippen LogP contribution >= 0.6 is 0 Å². The maximum absolute atomic E-state index is 13.1. The van der Waals surface area contributed by atoms with Crippen LogP contribution in [0, 0.1) is 18.2 Å². The number of anilines is 1. The van der Waals surface area contributed by atoms with Gasteiger partial charge in [-0.3, -0.25) is 9.59 Å². The largest absolute Gasteiger partial charge is 0.338 e. The van der Waals surface area contributed by atoms with Crippen molar-refractivity contribution in [3.63, 3.8) is 0 Å². The molecule has 4 rings (SSSR count). The zero-order chi connectivity index (χ0) is 18.3. The van der Waals surface area contributed by atoms with Crippen molar-refractivity contribution in [1.29, 1.82) is 0 Å². The van der Waals surface area contributed by atoms with E-state index in [0.29, 0.717) is 31.6 Å². The van der Waals surface area contributed by atoms with Gasteiger partial charge in [0.25, 0.3) is 5.91 Å². The van der Waals surface area contributed by atoms with E-state index >= 15 is 0 Å². The summed E-state index contributed by atoms with van der Waals surface area (Å²) in [6.07, 6.45) is 1.28. The Hall–Kier alpha value is -2.69. The van der Waals surface area contributed by atoms with Gasteiger partial charge in [-0.15, -0.1) is 0 Å². The van der Waals surface area contributed by atoms with Crippen LogP contribution in [-0.4, -0.2) is 36.3 Å². The van der Waals surface area contributed by atoms with Gasteiger partial charge in [-0.25, -0.2) is 4.39 Å². The number of hydrogen-bond acceptors (Lipinski definition) is 2. The minimum Gasteiger partial charge on any atom is -0.338 e. The zero-order valence-electron chi connectivity index (χ0n) is 14.7. The fourth-order valence-electron chi connectivity index (χ4n) is 4.08. The Morgan fingerprint density at radius 2 is 1.88 bits per heavy atom. The van der Waals surface area contributed by atoms with Gasteiger partial charge in [-0.05, 0) is 55.3 Å². The van der Waals surface area contributed by atoms with E-state index in [1.54, 1.807) is 4.90 Å². The monoisotopic (exact) mass is 352 g/mol. The van der Waals surface area contributed by atoms with Crippen LogP contribution in [0.15, 0.2) is 48.5 Å². The molecule has 0 radical (unpaired) electrons. The summed E-state index contributed by atoms with van der Waals surface area (Å²) < 4.78 is 13.1. The van der Waals surface area contributed by atoms with Crippen LogP contribution in [0.25, 0.3) is 0 Å². The number of aryl methyl sites for hydroxylation is 1. The molecule has 4 nitrogen and oxygen atoms in total. The first-order chi connectivity index (χ1) is 12.5. The summed E-state index contributed by atoms with van der Waals surface area (Å²) in [7, 11) is 0. The summed E-state index contributed by atoms with van der Waals surface area (Å²) in [5.41, 5.74) is 2.35. The summed E-state index contributed by atoms with van der Waals surface area (Å²) in [6, 6.07) is 13.6. The fraction of sp³-hybridized carbons (Fsp3) is 0.333. The number of carbonyl (C=O) groups excluding carboxylic acids is 2. The van der Waals surface area contributed by atoms with Crippen LogP contribution in [0.2, 0.25) is 0 Å². The average molecular weight is 352 g/mol. The number of benzene rings is 2. The lowest BCUT2D eigenvalue weighted by Gasteiger charge is -2.24. The van der Waals surface area contributed by atoms with Gasteiger partial charge >= 0.3 is 0 Å². The number of carbonyl (C=O) groups is 2. The Morgan fingerprint density at radius 1 is 1.12 bits per heavy atom. The molecule has 0 aliphatic carbocycles. The highest BCUT2D eigenvalue weighted by molar-refractivity contribution is 5.97. The lowest BCUT2D eigenvalue weighted by Crippen LogP contribution is -2.34. The number of likely N-dealkylation sites (tertiary alicyclic amines) is 1. The molecule has 0 bridgehead atoms. The molecule has 0 N–H and O–H groups in total. The molecule has 2 amide bonds. The normalized spacial score (nSPS) is 22.5. The van der Waals surface area contributed by atoms with Crippen LogP contribution in [0.5, 0.6) is 0 Å². The van der Waals surface area contributed by atoms with Crippen molar-refractivity contribution in [3.8, 4) is 0 Å². The molecule has 0 aromatic heterocycles. The molecule has 2 aliphatic rings. The SMILES string of the molecule is Cc1cccc(N2CC3(CCN(C(=O)c4ccc(F)cc4)C3)CC2=O)c1. The number of nitrogens with zero attached hydrogens (tertiary/aromatic N) is 2. The maximum Gasteiger partial charge on any atom is 0.253 e. The second-order valence-electron chi connectivity index (χ2n) is 7.48. The van der Waals surface area contributed by atoms with Gasteiger partial charge in [-0.1, -0.05) is 12.1 Å². The van der Waals surface area contributed by atoms with Gasteiger partial charge in [0, 0.05) is 42.7 Å². The molecular formula is C21H21FN2O2. The molecule has 2 heterocycles. The summed E-state index contributed by atoms with van der Waals surface area (Å²) in [5, 5.41) is 0. The molecule has 0 saturated carbocycles. The predicted octanol–water partition coefficient (Wildman–Crippen LogP) is 3.40. The molecule has 2 fully saturated rings. The van der Waals surface area contributed by atoms with Crippen molar-refractivity contribution in [2.24, 2.45) is 5.41 Å². The van der Waals surface area contributed by atoms with Crippen molar-refractivity contribution in [3.05, 3.63) is 65.5 Å². The van der Waals surface area contributed by atoms with E-state index in [4.69, 9.17) is 0 Å². The minimum absolute atomic E-state index is 0.0941. The molecule has 5 heteroatoms. The maximum atomic E-state index is 13.1. The van der Waals surface area contributed by atoms with E-state index in [0.717, 1.165) is 17.7 Å². The molecular weight excluding hydrogens is 331 g/mol. The third-order valence-electron chi connectivity index (χ3n) is 5.45. The Labute approximate surface area is 152 Å². The number of rotatable bonds is 2. The number of hydrogen-bond donors (Lipinski definition) is 0. The van der Waals surface area contributed by atoms with Gasteiger partial charge in [0.05, 0.1) is 0 Å². The molecule has 1 spiro atoms. The first-order valence-electron chi connectivity index (χ1n) is 8.88. The van der Waals surface area contributed by atoms with Crippen molar-refractivity contribution in [2.75, 3.05) is 24.5 Å². The molecule has 2 saturated heterocycles. The topological polar surface area (TPSA) is 40.6 Å². The highest BCUT2D eigenvalue weighted by Crippen LogP contribution is 2.42. The van der Waals surface area contributed by atoms with Crippen LogP contribution in [-0.2, 0) is 4.79 Å². The summed E-state index contributed by atoms with van der Waals surface area (Å²) in [5.74, 6) is -0.329. The molecule has 1 atom stereocenters. The standard InChI is InChI=1S/C21H21FN2O2/c1-15-3-2-4-18(11-15)24-14-21(12-19(24)25)9-10-23(13-21)20(26)16-5-7-17(22)8-6-16/h2-8,11H,9-10,12-14H2,1H3. The second-order valence-corrected chi connectivity index (χ2v) is 7.48. The molecule has 2 aromatic carbocycles. The molecule has 1 unspecified atom stereocenters. The average Bonchev–Trinajstić information content (AvgIpc) is 3.18. The van der Waals surface area contributed by atoms with E-state index in [2.05, 4.69) is 0 Å². The summed E-state index contributed by atoms with van der Waals surface area (Å²) in [6.45, 7) is 3.85. The Kier molecular flexibility index (Phi) is 4.02. The van der Waals surface area contributed by atoms with Gasteiger partial charge in [0.2, 0.25) is 5.91 Å². The van der Waals surface area contributed by atoms with E-state index < -0.39 is 0 Å². The zero-order valence-corrected chi connectivity index (χ0v) is 14.7. The van der Waals surface area contributed by atoms with Crippen LogP contribution in [0.3, 0.4) is 0 Å². The number of amides is 2. The van der Waals surface area contributed by atoms with E-state index in [1.807, 2.05) is 36.1 Å². The van der Waals surface area contributed by atoms with Crippen molar-refractivity contribution < 1.29 is 14.0 Å². The predicted molar refractivity (Wildman–Crippen MR) is 97.5 cm³/mol. The highest BCUT2D eigenvalue weighted by atomic mass is 19.1. The van der Waals surface area contributed by atoms with E-state index in [1.165, 1.54) is 24.3 Å². The molecule has 2 aromatic rings. The first-order valence-corrected chi connectivity index (χ1v) is 8.88. The van der Waals surface area contributed by atoms with Crippen LogP contribution in [0.4, 0.5) is 10.1 Å². The van der Waals surface area contributed by atoms with Gasteiger partial charge in [0.15, 0.2) is 0 Å². The lowest BCUT2D eigenvalue weighted by atomic mass is 9.86. The minimum atomic E-state index is -0.352. The quantitative estimate of drug-likeness (QED) is 0.831. The third kappa shape index (κ3) is 2.98. The van der Waals surface area contributed by atoms with Crippen LogP contribution in [0.1, 0.15) is 28.8 Å². The van der Waals surface area contributed by atoms with E-state index in [9.17, 15) is 14.0 Å². The molecule has 26 heavy (non-hydrogen) atoms.